The molecule has 2 aromatic rings. The predicted octanol–water partition coefficient (Wildman–Crippen LogP) is 3.22. The summed E-state index contributed by atoms with van der Waals surface area (Å²) in [4.78, 5) is 15.8. The van der Waals surface area contributed by atoms with Crippen LogP contribution in [0.4, 0.5) is 0 Å². The smallest absolute Gasteiger partial charge is 0.263 e. The predicted molar refractivity (Wildman–Crippen MR) is 81.7 cm³/mol. The molecule has 1 heterocycles. The molecule has 1 aromatic carbocycles. The van der Waals surface area contributed by atoms with E-state index >= 15 is 0 Å². The Kier molecular flexibility index (Phi) is 3.26. The van der Waals surface area contributed by atoms with Crippen LogP contribution >= 0.6 is 11.3 Å². The Balaban J connectivity index is 2.06. The van der Waals surface area contributed by atoms with Crippen molar-refractivity contribution < 1.29 is 9.53 Å². The number of ether oxygens (including phenoxy) is 1. The molecule has 1 aliphatic carbocycles. The van der Waals surface area contributed by atoms with Gasteiger partial charge in [-0.15, -0.1) is 11.3 Å². The molecule has 1 amide bonds. The number of thiophene rings is 1. The molecule has 0 radical (unpaired) electrons. The Morgan fingerprint density at radius 2 is 1.95 bits per heavy atom. The van der Waals surface area contributed by atoms with Crippen LogP contribution in [-0.2, 0) is 12.8 Å². The maximum absolute atomic E-state index is 12.1. The van der Waals surface area contributed by atoms with E-state index in [1.165, 1.54) is 21.6 Å². The van der Waals surface area contributed by atoms with Crippen molar-refractivity contribution in [3.8, 4) is 16.2 Å². The lowest BCUT2D eigenvalue weighted by Gasteiger charge is -2.16. The van der Waals surface area contributed by atoms with E-state index in [0.29, 0.717) is 0 Å². The molecular formula is C16H17NO2S. The summed E-state index contributed by atoms with van der Waals surface area (Å²) >= 11 is 1.60. The summed E-state index contributed by atoms with van der Waals surface area (Å²) in [7, 11) is 5.27. The first-order valence-corrected chi connectivity index (χ1v) is 7.43. The molecule has 0 fully saturated rings. The summed E-state index contributed by atoms with van der Waals surface area (Å²) in [6.07, 6.45) is 2.00. The number of hydrogen-bond acceptors (Lipinski definition) is 3. The monoisotopic (exact) mass is 287 g/mol. The molecular weight excluding hydrogens is 270 g/mol. The van der Waals surface area contributed by atoms with Crippen molar-refractivity contribution in [1.82, 2.24) is 4.90 Å². The zero-order valence-electron chi connectivity index (χ0n) is 11.9. The first-order chi connectivity index (χ1) is 9.60. The fraction of sp³-hybridized carbons (Fsp3) is 0.312. The molecule has 20 heavy (non-hydrogen) atoms. The largest absolute Gasteiger partial charge is 0.497 e. The SMILES string of the molecule is COc1ccc2c(c1)CCc1cc(C(=O)N(C)C)sc1-2. The van der Waals surface area contributed by atoms with Gasteiger partial charge in [0.2, 0.25) is 0 Å². The minimum Gasteiger partial charge on any atom is -0.497 e. The van der Waals surface area contributed by atoms with Crippen LogP contribution in [0.2, 0.25) is 0 Å². The summed E-state index contributed by atoms with van der Waals surface area (Å²) in [5.41, 5.74) is 3.84. The van der Waals surface area contributed by atoms with Gasteiger partial charge in [-0.2, -0.15) is 0 Å². The Labute approximate surface area is 122 Å². The number of carbonyl (C=O) groups is 1. The van der Waals surface area contributed by atoms with Gasteiger partial charge in [-0.25, -0.2) is 0 Å². The number of carbonyl (C=O) groups excluding carboxylic acids is 1. The van der Waals surface area contributed by atoms with Gasteiger partial charge in [0.15, 0.2) is 0 Å². The molecule has 0 N–H and O–H groups in total. The topological polar surface area (TPSA) is 29.5 Å². The Hall–Kier alpha value is -1.81. The maximum atomic E-state index is 12.1. The summed E-state index contributed by atoms with van der Waals surface area (Å²) in [6.45, 7) is 0. The number of amides is 1. The highest BCUT2D eigenvalue weighted by atomic mass is 32.1. The second-order valence-electron chi connectivity index (χ2n) is 5.19. The first kappa shape index (κ1) is 13.2. The highest BCUT2D eigenvalue weighted by Gasteiger charge is 2.22. The van der Waals surface area contributed by atoms with E-state index in [9.17, 15) is 4.79 Å². The minimum atomic E-state index is 0.0828. The van der Waals surface area contributed by atoms with Crippen LogP contribution in [0, 0.1) is 0 Å². The third kappa shape index (κ3) is 2.10. The number of methoxy groups -OCH3 is 1. The average Bonchev–Trinajstić information content (AvgIpc) is 2.89. The van der Waals surface area contributed by atoms with Crippen molar-refractivity contribution in [2.45, 2.75) is 12.8 Å². The van der Waals surface area contributed by atoms with Crippen LogP contribution in [0.25, 0.3) is 10.4 Å². The van der Waals surface area contributed by atoms with Crippen molar-refractivity contribution in [2.24, 2.45) is 0 Å². The van der Waals surface area contributed by atoms with Crippen LogP contribution in [0.3, 0.4) is 0 Å². The number of aryl methyl sites for hydroxylation is 2. The minimum absolute atomic E-state index is 0.0828. The third-order valence-corrected chi connectivity index (χ3v) is 4.85. The summed E-state index contributed by atoms with van der Waals surface area (Å²) in [5.74, 6) is 0.979. The average molecular weight is 287 g/mol. The summed E-state index contributed by atoms with van der Waals surface area (Å²) in [6, 6.07) is 8.24. The molecule has 0 bridgehead atoms. The molecule has 0 aliphatic heterocycles. The van der Waals surface area contributed by atoms with Crippen molar-refractivity contribution in [3.63, 3.8) is 0 Å². The van der Waals surface area contributed by atoms with E-state index in [-0.39, 0.29) is 5.91 Å². The van der Waals surface area contributed by atoms with E-state index in [2.05, 4.69) is 18.2 Å². The number of nitrogens with zero attached hydrogens (tertiary/aromatic N) is 1. The molecule has 3 nitrogen and oxygen atoms in total. The van der Waals surface area contributed by atoms with E-state index in [4.69, 9.17) is 4.74 Å². The summed E-state index contributed by atoms with van der Waals surface area (Å²) < 4.78 is 5.29. The highest BCUT2D eigenvalue weighted by molar-refractivity contribution is 7.17. The van der Waals surface area contributed by atoms with Crippen LogP contribution in [-0.4, -0.2) is 32.0 Å². The van der Waals surface area contributed by atoms with E-state index < -0.39 is 0 Å². The van der Waals surface area contributed by atoms with Crippen molar-refractivity contribution in [3.05, 3.63) is 40.3 Å². The van der Waals surface area contributed by atoms with E-state index in [1.807, 2.05) is 6.07 Å². The lowest BCUT2D eigenvalue weighted by molar-refractivity contribution is 0.0832. The van der Waals surface area contributed by atoms with Crippen LogP contribution in [0.15, 0.2) is 24.3 Å². The molecule has 104 valence electrons. The van der Waals surface area contributed by atoms with Crippen LogP contribution < -0.4 is 4.74 Å². The number of fused-ring (bicyclic) bond motifs is 3. The molecule has 1 aliphatic rings. The van der Waals surface area contributed by atoms with Gasteiger partial charge in [-0.1, -0.05) is 0 Å². The van der Waals surface area contributed by atoms with Crippen LogP contribution in [0.1, 0.15) is 20.8 Å². The lowest BCUT2D eigenvalue weighted by Crippen LogP contribution is -2.20. The fourth-order valence-electron chi connectivity index (χ4n) is 2.56. The molecule has 1 aromatic heterocycles. The molecule has 3 rings (SSSR count). The molecule has 0 saturated heterocycles. The molecule has 0 unspecified atom stereocenters. The fourth-order valence-corrected chi connectivity index (χ4v) is 3.86. The Morgan fingerprint density at radius 3 is 2.65 bits per heavy atom. The molecule has 4 heteroatoms. The van der Waals surface area contributed by atoms with Gasteiger partial charge in [-0.3, -0.25) is 4.79 Å². The Bertz CT molecular complexity index is 673. The third-order valence-electron chi connectivity index (χ3n) is 3.65. The summed E-state index contributed by atoms with van der Waals surface area (Å²) in [5, 5.41) is 0. The van der Waals surface area contributed by atoms with Gasteiger partial charge in [0.05, 0.1) is 12.0 Å². The molecule has 0 saturated carbocycles. The number of hydrogen-bond donors (Lipinski definition) is 0. The lowest BCUT2D eigenvalue weighted by atomic mass is 9.91. The Morgan fingerprint density at radius 1 is 1.20 bits per heavy atom. The first-order valence-electron chi connectivity index (χ1n) is 6.62. The standard InChI is InChI=1S/C16H17NO2S/c1-17(2)16(18)14-9-11-5-4-10-8-12(19-3)6-7-13(10)15(11)20-14/h6-9H,4-5H2,1-3H3. The van der Waals surface area contributed by atoms with Gasteiger partial charge >= 0.3 is 0 Å². The highest BCUT2D eigenvalue weighted by Crippen LogP contribution is 2.40. The van der Waals surface area contributed by atoms with Gasteiger partial charge in [-0.05, 0) is 53.8 Å². The number of rotatable bonds is 2. The van der Waals surface area contributed by atoms with E-state index in [1.54, 1.807) is 37.4 Å². The van der Waals surface area contributed by atoms with Gasteiger partial charge < -0.3 is 9.64 Å². The maximum Gasteiger partial charge on any atom is 0.263 e. The zero-order valence-corrected chi connectivity index (χ0v) is 12.7. The van der Waals surface area contributed by atoms with Gasteiger partial charge in [0, 0.05) is 19.0 Å². The van der Waals surface area contributed by atoms with E-state index in [0.717, 1.165) is 23.5 Å². The molecule has 0 spiro atoms. The van der Waals surface area contributed by atoms with Crippen molar-refractivity contribution >= 4 is 17.2 Å². The zero-order chi connectivity index (χ0) is 14.3. The van der Waals surface area contributed by atoms with Crippen LogP contribution in [0.5, 0.6) is 5.75 Å². The quantitative estimate of drug-likeness (QED) is 0.848. The molecule has 0 atom stereocenters. The van der Waals surface area contributed by atoms with Gasteiger partial charge in [0.1, 0.15) is 5.75 Å². The number of benzene rings is 1. The normalized spacial score (nSPS) is 12.6. The second-order valence-corrected chi connectivity index (χ2v) is 6.24. The van der Waals surface area contributed by atoms with Crippen molar-refractivity contribution in [2.75, 3.05) is 21.2 Å². The second kappa shape index (κ2) is 4.94. The van der Waals surface area contributed by atoms with Gasteiger partial charge in [0.25, 0.3) is 5.91 Å². The van der Waals surface area contributed by atoms with Crippen molar-refractivity contribution in [1.29, 1.82) is 0 Å².